The maximum atomic E-state index is 12.5. The summed E-state index contributed by atoms with van der Waals surface area (Å²) in [6.07, 6.45) is 0. The summed E-state index contributed by atoms with van der Waals surface area (Å²) in [5.74, 6) is -0.346. The van der Waals surface area contributed by atoms with E-state index in [9.17, 15) is 13.2 Å². The molecule has 9 heteroatoms. The number of aromatic nitrogens is 1. The number of carbonyl (C=O) groups excluding carboxylic acids is 1. The van der Waals surface area contributed by atoms with E-state index in [2.05, 4.69) is 10.3 Å². The number of rotatable bonds is 6. The molecule has 1 aromatic carbocycles. The van der Waals surface area contributed by atoms with Gasteiger partial charge in [0.15, 0.2) is 5.13 Å². The van der Waals surface area contributed by atoms with Crippen LogP contribution in [0.3, 0.4) is 0 Å². The molecule has 1 aromatic heterocycles. The summed E-state index contributed by atoms with van der Waals surface area (Å²) in [6.45, 7) is 5.99. The molecule has 0 saturated heterocycles. The van der Waals surface area contributed by atoms with Crippen molar-refractivity contribution in [1.82, 2.24) is 9.29 Å². The van der Waals surface area contributed by atoms with Crippen molar-refractivity contribution in [3.05, 3.63) is 18.2 Å². The minimum atomic E-state index is -3.52. The third-order valence-corrected chi connectivity index (χ3v) is 6.47. The van der Waals surface area contributed by atoms with E-state index in [0.717, 1.165) is 0 Å². The SMILES string of the molecule is CCN(CC)S(=O)(=O)c1ccc2nc(NC(=O)C(C)Cl)sc2c1. The molecule has 1 N–H and O–H groups in total. The normalized spacial score (nSPS) is 13.4. The lowest BCUT2D eigenvalue weighted by atomic mass is 10.3. The Balaban J connectivity index is 2.38. The van der Waals surface area contributed by atoms with E-state index in [0.29, 0.717) is 28.4 Å². The third-order valence-electron chi connectivity index (χ3n) is 3.29. The Morgan fingerprint density at radius 2 is 2.04 bits per heavy atom. The zero-order valence-corrected chi connectivity index (χ0v) is 15.4. The topological polar surface area (TPSA) is 79.4 Å². The van der Waals surface area contributed by atoms with E-state index in [1.54, 1.807) is 32.9 Å². The molecule has 1 atom stereocenters. The number of fused-ring (bicyclic) bond motifs is 1. The zero-order valence-electron chi connectivity index (χ0n) is 13.0. The van der Waals surface area contributed by atoms with E-state index in [1.807, 2.05) is 0 Å². The van der Waals surface area contributed by atoms with Gasteiger partial charge in [-0.15, -0.1) is 11.6 Å². The van der Waals surface area contributed by atoms with E-state index < -0.39 is 15.4 Å². The van der Waals surface area contributed by atoms with Gasteiger partial charge in [-0.25, -0.2) is 13.4 Å². The highest BCUT2D eigenvalue weighted by Gasteiger charge is 2.22. The fourth-order valence-corrected chi connectivity index (χ4v) is 4.56. The molecule has 6 nitrogen and oxygen atoms in total. The van der Waals surface area contributed by atoms with Gasteiger partial charge in [-0.05, 0) is 25.1 Å². The van der Waals surface area contributed by atoms with Crippen LogP contribution in [0.1, 0.15) is 20.8 Å². The van der Waals surface area contributed by atoms with Crippen LogP contribution >= 0.6 is 22.9 Å². The Labute approximate surface area is 144 Å². The highest BCUT2D eigenvalue weighted by atomic mass is 35.5. The van der Waals surface area contributed by atoms with Crippen LogP contribution in [0.4, 0.5) is 5.13 Å². The van der Waals surface area contributed by atoms with Gasteiger partial charge in [0.25, 0.3) is 0 Å². The minimum absolute atomic E-state index is 0.223. The van der Waals surface area contributed by atoms with Crippen molar-refractivity contribution in [2.75, 3.05) is 18.4 Å². The lowest BCUT2D eigenvalue weighted by Crippen LogP contribution is -2.30. The molecular weight excluding hydrogens is 358 g/mol. The van der Waals surface area contributed by atoms with Crippen molar-refractivity contribution < 1.29 is 13.2 Å². The first-order chi connectivity index (χ1) is 10.8. The average molecular weight is 376 g/mol. The van der Waals surface area contributed by atoms with Gasteiger partial charge in [0.1, 0.15) is 5.38 Å². The zero-order chi connectivity index (χ0) is 17.2. The predicted octanol–water partition coefficient (Wildman–Crippen LogP) is 2.89. The molecule has 2 aromatic rings. The number of alkyl halides is 1. The molecule has 0 radical (unpaired) electrons. The fraction of sp³-hybridized carbons (Fsp3) is 0.429. The van der Waals surface area contributed by atoms with Gasteiger partial charge in [-0.3, -0.25) is 4.79 Å². The van der Waals surface area contributed by atoms with Crippen LogP contribution in [0.2, 0.25) is 0 Å². The Morgan fingerprint density at radius 1 is 1.39 bits per heavy atom. The molecule has 1 heterocycles. The number of sulfonamides is 1. The molecule has 0 fully saturated rings. The Kier molecular flexibility index (Phi) is 5.61. The van der Waals surface area contributed by atoms with E-state index in [1.165, 1.54) is 21.7 Å². The minimum Gasteiger partial charge on any atom is -0.301 e. The third kappa shape index (κ3) is 3.82. The molecule has 0 aliphatic heterocycles. The van der Waals surface area contributed by atoms with Crippen LogP contribution in [-0.2, 0) is 14.8 Å². The van der Waals surface area contributed by atoms with Gasteiger partial charge in [0.2, 0.25) is 15.9 Å². The molecule has 23 heavy (non-hydrogen) atoms. The van der Waals surface area contributed by atoms with Crippen molar-refractivity contribution in [3.8, 4) is 0 Å². The Hall–Kier alpha value is -1.22. The lowest BCUT2D eigenvalue weighted by Gasteiger charge is -2.18. The molecule has 0 aliphatic rings. The number of thiazole rings is 1. The maximum absolute atomic E-state index is 12.5. The van der Waals surface area contributed by atoms with Crippen LogP contribution in [0.5, 0.6) is 0 Å². The van der Waals surface area contributed by atoms with Crippen LogP contribution < -0.4 is 5.32 Å². The second kappa shape index (κ2) is 7.12. The number of carbonyl (C=O) groups is 1. The maximum Gasteiger partial charge on any atom is 0.243 e. The van der Waals surface area contributed by atoms with Crippen molar-refractivity contribution in [2.24, 2.45) is 0 Å². The number of nitrogens with zero attached hydrogens (tertiary/aromatic N) is 2. The molecule has 0 saturated carbocycles. The standard InChI is InChI=1S/C14H18ClN3O3S2/c1-4-18(5-2)23(20,21)10-6-7-11-12(8-10)22-14(16-11)17-13(19)9(3)15/h6-9H,4-5H2,1-3H3,(H,16,17,19). The summed E-state index contributed by atoms with van der Waals surface area (Å²) in [5.41, 5.74) is 0.631. The van der Waals surface area contributed by atoms with Gasteiger partial charge in [-0.1, -0.05) is 25.2 Å². The molecule has 126 valence electrons. The number of halogens is 1. The summed E-state index contributed by atoms with van der Waals surface area (Å²) >= 11 is 6.92. The summed E-state index contributed by atoms with van der Waals surface area (Å²) in [5, 5.41) is 2.34. The average Bonchev–Trinajstić information content (AvgIpc) is 2.89. The monoisotopic (exact) mass is 375 g/mol. The van der Waals surface area contributed by atoms with Crippen LogP contribution in [0.15, 0.2) is 23.1 Å². The van der Waals surface area contributed by atoms with Crippen LogP contribution in [0, 0.1) is 0 Å². The summed E-state index contributed by atoms with van der Waals surface area (Å²) in [6, 6.07) is 4.76. The summed E-state index contributed by atoms with van der Waals surface area (Å²) < 4.78 is 27.2. The Bertz CT molecular complexity index is 814. The summed E-state index contributed by atoms with van der Waals surface area (Å²) in [7, 11) is -3.52. The number of amides is 1. The lowest BCUT2D eigenvalue weighted by molar-refractivity contribution is -0.115. The van der Waals surface area contributed by atoms with Gasteiger partial charge in [0.05, 0.1) is 15.1 Å². The van der Waals surface area contributed by atoms with E-state index in [4.69, 9.17) is 11.6 Å². The molecule has 0 aliphatic carbocycles. The van der Waals surface area contributed by atoms with Crippen molar-refractivity contribution >= 4 is 54.2 Å². The van der Waals surface area contributed by atoms with Crippen LogP contribution in [-0.4, -0.2) is 42.1 Å². The fourth-order valence-electron chi connectivity index (χ4n) is 2.04. The highest BCUT2D eigenvalue weighted by Crippen LogP contribution is 2.29. The van der Waals surface area contributed by atoms with Gasteiger partial charge >= 0.3 is 0 Å². The number of benzene rings is 1. The molecule has 0 spiro atoms. The molecule has 0 bridgehead atoms. The highest BCUT2D eigenvalue weighted by molar-refractivity contribution is 7.89. The van der Waals surface area contributed by atoms with Crippen molar-refractivity contribution in [2.45, 2.75) is 31.0 Å². The quantitative estimate of drug-likeness (QED) is 0.787. The Morgan fingerprint density at radius 3 is 2.61 bits per heavy atom. The second-order valence-electron chi connectivity index (χ2n) is 4.84. The first-order valence-corrected chi connectivity index (χ1v) is 9.84. The number of nitrogens with one attached hydrogen (secondary N) is 1. The first kappa shape index (κ1) is 18.1. The number of anilines is 1. The predicted molar refractivity (Wildman–Crippen MR) is 93.7 cm³/mol. The van der Waals surface area contributed by atoms with Gasteiger partial charge in [0, 0.05) is 13.1 Å². The second-order valence-corrected chi connectivity index (χ2v) is 8.47. The summed E-state index contributed by atoms with van der Waals surface area (Å²) in [4.78, 5) is 16.1. The molecule has 2 rings (SSSR count). The number of hydrogen-bond acceptors (Lipinski definition) is 5. The molecular formula is C14H18ClN3O3S2. The van der Waals surface area contributed by atoms with Crippen LogP contribution in [0.25, 0.3) is 10.2 Å². The first-order valence-electron chi connectivity index (χ1n) is 7.15. The number of hydrogen-bond donors (Lipinski definition) is 1. The smallest absolute Gasteiger partial charge is 0.243 e. The largest absolute Gasteiger partial charge is 0.301 e. The van der Waals surface area contributed by atoms with Gasteiger partial charge < -0.3 is 5.32 Å². The molecule has 1 unspecified atom stereocenters. The van der Waals surface area contributed by atoms with E-state index in [-0.39, 0.29) is 10.8 Å². The molecule has 1 amide bonds. The van der Waals surface area contributed by atoms with Crippen molar-refractivity contribution in [3.63, 3.8) is 0 Å². The van der Waals surface area contributed by atoms with Gasteiger partial charge in [-0.2, -0.15) is 4.31 Å². The van der Waals surface area contributed by atoms with E-state index >= 15 is 0 Å². The van der Waals surface area contributed by atoms with Crippen molar-refractivity contribution in [1.29, 1.82) is 0 Å².